The van der Waals surface area contributed by atoms with Crippen molar-refractivity contribution >= 4 is 11.8 Å². The highest BCUT2D eigenvalue weighted by atomic mass is 16.2. The Morgan fingerprint density at radius 2 is 1.08 bits per heavy atom. The summed E-state index contributed by atoms with van der Waals surface area (Å²) in [5.41, 5.74) is 0. The van der Waals surface area contributed by atoms with Gasteiger partial charge in [-0.2, -0.15) is 0 Å². The van der Waals surface area contributed by atoms with Crippen LogP contribution in [0, 0.1) is 0 Å². The number of carbonyl (C=O) groups excluding carboxylic acids is 2. The van der Waals surface area contributed by atoms with Gasteiger partial charge in [0.15, 0.2) is 0 Å². The predicted octanol–water partition coefficient (Wildman–Crippen LogP) is 1.50. The SMILES string of the molecule is C[C@H](C(=O)NC1CCCCCC1)N1CCN([C@@H](C)C(=O)NC2CC2)CC1. The number of amides is 2. The van der Waals surface area contributed by atoms with Gasteiger partial charge in [0.1, 0.15) is 0 Å². The van der Waals surface area contributed by atoms with Gasteiger partial charge in [0, 0.05) is 38.3 Å². The van der Waals surface area contributed by atoms with E-state index in [-0.39, 0.29) is 23.9 Å². The second-order valence-corrected chi connectivity index (χ2v) is 8.40. The van der Waals surface area contributed by atoms with Crippen molar-refractivity contribution in [1.82, 2.24) is 20.4 Å². The molecule has 6 heteroatoms. The summed E-state index contributed by atoms with van der Waals surface area (Å²) in [4.78, 5) is 29.4. The van der Waals surface area contributed by atoms with Gasteiger partial charge in [-0.1, -0.05) is 25.7 Å². The summed E-state index contributed by atoms with van der Waals surface area (Å²) in [6, 6.07) is 0.614. The fourth-order valence-corrected chi connectivity index (χ4v) is 4.14. The number of nitrogens with zero attached hydrogens (tertiary/aromatic N) is 2. The van der Waals surface area contributed by atoms with Crippen LogP contribution in [0.1, 0.15) is 65.2 Å². The van der Waals surface area contributed by atoms with Gasteiger partial charge in [0.2, 0.25) is 11.8 Å². The number of hydrogen-bond acceptors (Lipinski definition) is 4. The number of carbonyl (C=O) groups is 2. The minimum absolute atomic E-state index is 0.0760. The average molecular weight is 365 g/mol. The molecule has 0 bridgehead atoms. The monoisotopic (exact) mass is 364 g/mol. The molecule has 1 saturated heterocycles. The fraction of sp³-hybridized carbons (Fsp3) is 0.900. The summed E-state index contributed by atoms with van der Waals surface area (Å²) in [5.74, 6) is 0.324. The number of piperazine rings is 1. The highest BCUT2D eigenvalue weighted by Crippen LogP contribution is 2.20. The Balaban J connectivity index is 1.41. The van der Waals surface area contributed by atoms with Crippen molar-refractivity contribution in [3.63, 3.8) is 0 Å². The van der Waals surface area contributed by atoms with Crippen LogP contribution in [0.15, 0.2) is 0 Å². The van der Waals surface area contributed by atoms with Crippen LogP contribution in [-0.4, -0.2) is 72.0 Å². The van der Waals surface area contributed by atoms with Crippen molar-refractivity contribution in [2.45, 2.75) is 89.4 Å². The molecular formula is C20H36N4O2. The maximum Gasteiger partial charge on any atom is 0.237 e. The smallest absolute Gasteiger partial charge is 0.237 e. The van der Waals surface area contributed by atoms with Crippen molar-refractivity contribution in [1.29, 1.82) is 0 Å². The Hall–Kier alpha value is -1.14. The Morgan fingerprint density at radius 1 is 0.692 bits per heavy atom. The lowest BCUT2D eigenvalue weighted by Gasteiger charge is -2.39. The van der Waals surface area contributed by atoms with E-state index in [1.165, 1.54) is 25.7 Å². The van der Waals surface area contributed by atoms with Gasteiger partial charge >= 0.3 is 0 Å². The normalized spacial score (nSPS) is 25.9. The molecule has 2 N–H and O–H groups in total. The van der Waals surface area contributed by atoms with Gasteiger partial charge in [0.05, 0.1) is 12.1 Å². The van der Waals surface area contributed by atoms with E-state index >= 15 is 0 Å². The van der Waals surface area contributed by atoms with Crippen LogP contribution >= 0.6 is 0 Å². The first-order chi connectivity index (χ1) is 12.5. The third-order valence-corrected chi connectivity index (χ3v) is 6.33. The summed E-state index contributed by atoms with van der Waals surface area (Å²) >= 11 is 0. The average Bonchev–Trinajstić information content (AvgIpc) is 3.48. The molecular weight excluding hydrogens is 328 g/mol. The fourth-order valence-electron chi connectivity index (χ4n) is 4.14. The van der Waals surface area contributed by atoms with Crippen molar-refractivity contribution in [2.24, 2.45) is 0 Å². The van der Waals surface area contributed by atoms with Crippen LogP contribution in [0.2, 0.25) is 0 Å². The highest BCUT2D eigenvalue weighted by molar-refractivity contribution is 5.82. The van der Waals surface area contributed by atoms with Crippen LogP contribution in [0.5, 0.6) is 0 Å². The van der Waals surface area contributed by atoms with Gasteiger partial charge in [-0.15, -0.1) is 0 Å². The molecule has 3 rings (SSSR count). The van der Waals surface area contributed by atoms with Gasteiger partial charge in [-0.3, -0.25) is 19.4 Å². The van der Waals surface area contributed by atoms with Crippen LogP contribution in [0.3, 0.4) is 0 Å². The first kappa shape index (κ1) is 19.6. The lowest BCUT2D eigenvalue weighted by molar-refractivity contribution is -0.130. The summed E-state index contributed by atoms with van der Waals surface area (Å²) < 4.78 is 0. The predicted molar refractivity (Wildman–Crippen MR) is 103 cm³/mol. The molecule has 148 valence electrons. The van der Waals surface area contributed by atoms with E-state index in [1.807, 2.05) is 13.8 Å². The molecule has 0 spiro atoms. The Bertz CT molecular complexity index is 478. The molecule has 0 aromatic heterocycles. The van der Waals surface area contributed by atoms with E-state index < -0.39 is 0 Å². The standard InChI is InChI=1S/C20H36N4O2/c1-15(19(25)21-17-7-5-3-4-6-8-17)23-11-13-24(14-12-23)16(2)20(26)22-18-9-10-18/h15-18H,3-14H2,1-2H3,(H,21,25)(H,22,26)/t15-,16+/m1/s1. The van der Waals surface area contributed by atoms with Crippen LogP contribution in [-0.2, 0) is 9.59 Å². The Morgan fingerprint density at radius 3 is 1.46 bits per heavy atom. The van der Waals surface area contributed by atoms with E-state index in [9.17, 15) is 9.59 Å². The molecule has 2 atom stereocenters. The topological polar surface area (TPSA) is 64.7 Å². The molecule has 0 unspecified atom stereocenters. The quantitative estimate of drug-likeness (QED) is 0.701. The van der Waals surface area contributed by atoms with E-state index in [1.54, 1.807) is 0 Å². The second-order valence-electron chi connectivity index (χ2n) is 8.40. The van der Waals surface area contributed by atoms with Gasteiger partial charge in [0.25, 0.3) is 0 Å². The zero-order valence-corrected chi connectivity index (χ0v) is 16.5. The largest absolute Gasteiger partial charge is 0.352 e. The number of rotatable bonds is 6. The lowest BCUT2D eigenvalue weighted by Crippen LogP contribution is -2.58. The van der Waals surface area contributed by atoms with Crippen LogP contribution in [0.4, 0.5) is 0 Å². The summed E-state index contributed by atoms with van der Waals surface area (Å²) in [7, 11) is 0. The Labute approximate surface area is 158 Å². The van der Waals surface area contributed by atoms with E-state index in [2.05, 4.69) is 20.4 Å². The molecule has 2 saturated carbocycles. The molecule has 1 aliphatic heterocycles. The maximum absolute atomic E-state index is 12.6. The zero-order valence-electron chi connectivity index (χ0n) is 16.5. The molecule has 6 nitrogen and oxygen atoms in total. The number of hydrogen-bond donors (Lipinski definition) is 2. The first-order valence-corrected chi connectivity index (χ1v) is 10.6. The van der Waals surface area contributed by atoms with Crippen molar-refractivity contribution in [3.05, 3.63) is 0 Å². The van der Waals surface area contributed by atoms with Crippen LogP contribution < -0.4 is 10.6 Å². The molecule has 0 aromatic rings. The first-order valence-electron chi connectivity index (χ1n) is 10.6. The van der Waals surface area contributed by atoms with Gasteiger partial charge < -0.3 is 10.6 Å². The van der Waals surface area contributed by atoms with Gasteiger partial charge in [-0.25, -0.2) is 0 Å². The maximum atomic E-state index is 12.6. The molecule has 2 amide bonds. The lowest BCUT2D eigenvalue weighted by atomic mass is 10.1. The molecule has 26 heavy (non-hydrogen) atoms. The minimum Gasteiger partial charge on any atom is -0.352 e. The summed E-state index contributed by atoms with van der Waals surface area (Å²) in [5, 5.41) is 6.37. The molecule has 0 radical (unpaired) electrons. The van der Waals surface area contributed by atoms with Crippen molar-refractivity contribution in [2.75, 3.05) is 26.2 Å². The second kappa shape index (κ2) is 9.18. The minimum atomic E-state index is -0.0870. The Kier molecular flexibility index (Phi) is 6.92. The van der Waals surface area contributed by atoms with E-state index in [0.29, 0.717) is 12.1 Å². The number of nitrogens with one attached hydrogen (secondary N) is 2. The van der Waals surface area contributed by atoms with E-state index in [0.717, 1.165) is 51.9 Å². The van der Waals surface area contributed by atoms with E-state index in [4.69, 9.17) is 0 Å². The zero-order chi connectivity index (χ0) is 18.5. The van der Waals surface area contributed by atoms with Gasteiger partial charge in [-0.05, 0) is 39.5 Å². The summed E-state index contributed by atoms with van der Waals surface area (Å²) in [6.45, 7) is 7.40. The van der Waals surface area contributed by atoms with Crippen LogP contribution in [0.25, 0.3) is 0 Å². The molecule has 3 fully saturated rings. The third-order valence-electron chi connectivity index (χ3n) is 6.33. The molecule has 0 aromatic carbocycles. The third kappa shape index (κ3) is 5.43. The molecule has 3 aliphatic rings. The highest BCUT2D eigenvalue weighted by Gasteiger charge is 2.32. The van der Waals surface area contributed by atoms with Crippen molar-refractivity contribution < 1.29 is 9.59 Å². The molecule has 1 heterocycles. The van der Waals surface area contributed by atoms with Crippen molar-refractivity contribution in [3.8, 4) is 0 Å². The molecule has 2 aliphatic carbocycles. The summed E-state index contributed by atoms with van der Waals surface area (Å²) in [6.07, 6.45) is 9.57.